The monoisotopic (exact) mass is 203 g/mol. The zero-order chi connectivity index (χ0) is 11.6. The van der Waals surface area contributed by atoms with Crippen LogP contribution in [0.15, 0.2) is 24.8 Å². The SMILES string of the molecule is [CH2]c1cc(CC=C)c(O)c(C(C)(C)C)c1. The molecule has 81 valence electrons. The maximum Gasteiger partial charge on any atom is 0.122 e. The van der Waals surface area contributed by atoms with E-state index in [1.807, 2.05) is 12.1 Å². The maximum atomic E-state index is 10.1. The summed E-state index contributed by atoms with van der Waals surface area (Å²) < 4.78 is 0. The summed E-state index contributed by atoms with van der Waals surface area (Å²) in [5, 5.41) is 10.1. The molecule has 0 saturated heterocycles. The van der Waals surface area contributed by atoms with E-state index in [0.717, 1.165) is 16.7 Å². The third kappa shape index (κ3) is 2.62. The molecule has 0 fully saturated rings. The predicted molar refractivity (Wildman–Crippen MR) is 65.2 cm³/mol. The Morgan fingerprint density at radius 2 is 1.93 bits per heavy atom. The van der Waals surface area contributed by atoms with E-state index in [2.05, 4.69) is 34.3 Å². The summed E-state index contributed by atoms with van der Waals surface area (Å²) in [6.45, 7) is 13.9. The quantitative estimate of drug-likeness (QED) is 0.728. The number of hydrogen-bond acceptors (Lipinski definition) is 1. The number of aromatic hydroxyl groups is 1. The topological polar surface area (TPSA) is 20.2 Å². The summed E-state index contributed by atoms with van der Waals surface area (Å²) in [5.74, 6) is 0.384. The number of phenolic OH excluding ortho intramolecular Hbond substituents is 1. The fraction of sp³-hybridized carbons (Fsp3) is 0.357. The largest absolute Gasteiger partial charge is 0.507 e. The maximum absolute atomic E-state index is 10.1. The van der Waals surface area contributed by atoms with Crippen LogP contribution in [0.4, 0.5) is 0 Å². The molecule has 1 aromatic rings. The first kappa shape index (κ1) is 11.8. The number of benzene rings is 1. The molecule has 0 aromatic heterocycles. The second-order valence-electron chi connectivity index (χ2n) is 4.89. The summed E-state index contributed by atoms with van der Waals surface area (Å²) in [7, 11) is 0. The normalized spacial score (nSPS) is 11.5. The molecule has 0 saturated carbocycles. The average Bonchev–Trinajstić information content (AvgIpc) is 2.09. The third-order valence-corrected chi connectivity index (χ3v) is 2.42. The molecule has 1 N–H and O–H groups in total. The highest BCUT2D eigenvalue weighted by Gasteiger charge is 2.20. The first-order chi connectivity index (χ1) is 6.86. The molecule has 1 rings (SSSR count). The Labute approximate surface area is 92.5 Å². The van der Waals surface area contributed by atoms with Gasteiger partial charge >= 0.3 is 0 Å². The van der Waals surface area contributed by atoms with Crippen molar-refractivity contribution < 1.29 is 5.11 Å². The zero-order valence-electron chi connectivity index (χ0n) is 9.80. The first-order valence-corrected chi connectivity index (χ1v) is 5.15. The highest BCUT2D eigenvalue weighted by atomic mass is 16.3. The van der Waals surface area contributed by atoms with Gasteiger partial charge in [-0.3, -0.25) is 0 Å². The fourth-order valence-electron chi connectivity index (χ4n) is 1.64. The van der Waals surface area contributed by atoms with Gasteiger partial charge in [-0.2, -0.15) is 0 Å². The first-order valence-electron chi connectivity index (χ1n) is 5.15. The van der Waals surface area contributed by atoms with Crippen molar-refractivity contribution in [2.24, 2.45) is 0 Å². The van der Waals surface area contributed by atoms with Gasteiger partial charge < -0.3 is 5.11 Å². The molecule has 0 aliphatic rings. The van der Waals surface area contributed by atoms with Crippen LogP contribution in [0.1, 0.15) is 37.5 Å². The molecule has 1 radical (unpaired) electrons. The Morgan fingerprint density at radius 1 is 1.33 bits per heavy atom. The molecule has 0 spiro atoms. The molecule has 0 heterocycles. The molecular weight excluding hydrogens is 184 g/mol. The van der Waals surface area contributed by atoms with Gasteiger partial charge in [0.15, 0.2) is 0 Å². The van der Waals surface area contributed by atoms with Gasteiger partial charge in [0.05, 0.1) is 0 Å². The van der Waals surface area contributed by atoms with Crippen LogP contribution in [0.2, 0.25) is 0 Å². The predicted octanol–water partition coefficient (Wildman–Crippen LogP) is 3.60. The molecule has 1 heteroatoms. The van der Waals surface area contributed by atoms with E-state index in [4.69, 9.17) is 0 Å². The molecule has 0 amide bonds. The molecule has 1 nitrogen and oxygen atoms in total. The van der Waals surface area contributed by atoms with Crippen LogP contribution in [0.3, 0.4) is 0 Å². The van der Waals surface area contributed by atoms with Crippen molar-refractivity contribution in [2.75, 3.05) is 0 Å². The van der Waals surface area contributed by atoms with Crippen LogP contribution >= 0.6 is 0 Å². The van der Waals surface area contributed by atoms with Gasteiger partial charge in [0.2, 0.25) is 0 Å². The van der Waals surface area contributed by atoms with Crippen LogP contribution < -0.4 is 0 Å². The van der Waals surface area contributed by atoms with Crippen molar-refractivity contribution >= 4 is 0 Å². The Bertz CT molecular complexity index is 370. The van der Waals surface area contributed by atoms with Gasteiger partial charge in [-0.25, -0.2) is 0 Å². The molecule has 15 heavy (non-hydrogen) atoms. The lowest BCUT2D eigenvalue weighted by Gasteiger charge is -2.22. The number of phenols is 1. The summed E-state index contributed by atoms with van der Waals surface area (Å²) in [6, 6.07) is 3.86. The molecule has 0 bridgehead atoms. The third-order valence-electron chi connectivity index (χ3n) is 2.42. The van der Waals surface area contributed by atoms with Crippen molar-refractivity contribution in [2.45, 2.75) is 32.6 Å². The minimum absolute atomic E-state index is 0.0618. The summed E-state index contributed by atoms with van der Waals surface area (Å²) in [5.41, 5.74) is 2.73. The number of allylic oxidation sites excluding steroid dienone is 1. The molecule has 0 unspecified atom stereocenters. The van der Waals surface area contributed by atoms with Crippen molar-refractivity contribution in [3.8, 4) is 5.75 Å². The van der Waals surface area contributed by atoms with E-state index in [1.54, 1.807) is 6.08 Å². The smallest absolute Gasteiger partial charge is 0.122 e. The second-order valence-corrected chi connectivity index (χ2v) is 4.89. The van der Waals surface area contributed by atoms with Crippen molar-refractivity contribution in [1.29, 1.82) is 0 Å². The highest BCUT2D eigenvalue weighted by molar-refractivity contribution is 5.48. The van der Waals surface area contributed by atoms with Crippen molar-refractivity contribution in [1.82, 2.24) is 0 Å². The second kappa shape index (κ2) is 4.09. The van der Waals surface area contributed by atoms with E-state index in [9.17, 15) is 5.11 Å². The Morgan fingerprint density at radius 3 is 2.40 bits per heavy atom. The standard InChI is InChI=1S/C14H19O/c1-6-7-11-8-10(2)9-12(13(11)15)14(3,4)5/h6,8-9,15H,1-2,7H2,3-5H3. The van der Waals surface area contributed by atoms with Gasteiger partial charge in [0.1, 0.15) is 5.75 Å². The van der Waals surface area contributed by atoms with Crippen LogP contribution in [0, 0.1) is 6.92 Å². The summed E-state index contributed by atoms with van der Waals surface area (Å²) in [4.78, 5) is 0. The van der Waals surface area contributed by atoms with Gasteiger partial charge in [-0.1, -0.05) is 39.0 Å². The number of rotatable bonds is 2. The van der Waals surface area contributed by atoms with Crippen LogP contribution in [-0.4, -0.2) is 5.11 Å². The van der Waals surface area contributed by atoms with E-state index in [1.165, 1.54) is 0 Å². The Hall–Kier alpha value is -1.24. The van der Waals surface area contributed by atoms with E-state index >= 15 is 0 Å². The average molecular weight is 203 g/mol. The summed E-state index contributed by atoms with van der Waals surface area (Å²) in [6.07, 6.45) is 2.47. The zero-order valence-corrected chi connectivity index (χ0v) is 9.80. The Balaban J connectivity index is 3.34. The van der Waals surface area contributed by atoms with Gasteiger partial charge in [0.25, 0.3) is 0 Å². The van der Waals surface area contributed by atoms with Crippen molar-refractivity contribution in [3.63, 3.8) is 0 Å². The lowest BCUT2D eigenvalue weighted by Crippen LogP contribution is -2.12. The molecule has 0 aliphatic carbocycles. The molecule has 0 atom stereocenters. The fourth-order valence-corrected chi connectivity index (χ4v) is 1.64. The van der Waals surface area contributed by atoms with Crippen molar-refractivity contribution in [3.05, 3.63) is 48.4 Å². The minimum Gasteiger partial charge on any atom is -0.507 e. The van der Waals surface area contributed by atoms with Crippen LogP contribution in [0.5, 0.6) is 5.75 Å². The highest BCUT2D eigenvalue weighted by Crippen LogP contribution is 2.34. The van der Waals surface area contributed by atoms with E-state index in [-0.39, 0.29) is 5.41 Å². The van der Waals surface area contributed by atoms with E-state index in [0.29, 0.717) is 12.2 Å². The van der Waals surface area contributed by atoms with Gasteiger partial charge in [-0.05, 0) is 35.4 Å². The van der Waals surface area contributed by atoms with Crippen LogP contribution in [-0.2, 0) is 11.8 Å². The lowest BCUT2D eigenvalue weighted by molar-refractivity contribution is 0.441. The van der Waals surface area contributed by atoms with Gasteiger partial charge in [0, 0.05) is 0 Å². The Kier molecular flexibility index (Phi) is 3.23. The molecule has 1 aromatic carbocycles. The van der Waals surface area contributed by atoms with E-state index < -0.39 is 0 Å². The number of hydrogen-bond donors (Lipinski definition) is 1. The summed E-state index contributed by atoms with van der Waals surface area (Å²) >= 11 is 0. The molecular formula is C14H19O. The lowest BCUT2D eigenvalue weighted by atomic mass is 9.84. The molecule has 0 aliphatic heterocycles. The minimum atomic E-state index is -0.0618. The van der Waals surface area contributed by atoms with Crippen LogP contribution in [0.25, 0.3) is 0 Å². The van der Waals surface area contributed by atoms with Gasteiger partial charge in [-0.15, -0.1) is 6.58 Å².